The minimum absolute atomic E-state index is 0.122. The van der Waals surface area contributed by atoms with Crippen LogP contribution in [0, 0.1) is 23.7 Å². The summed E-state index contributed by atoms with van der Waals surface area (Å²) in [6.07, 6.45) is 7.06. The van der Waals surface area contributed by atoms with Crippen molar-refractivity contribution in [3.05, 3.63) is 193 Å². The van der Waals surface area contributed by atoms with Crippen LogP contribution in [-0.2, 0) is 5.41 Å². The summed E-state index contributed by atoms with van der Waals surface area (Å²) in [6, 6.07) is 69.7. The van der Waals surface area contributed by atoms with Crippen LogP contribution in [0.3, 0.4) is 0 Å². The molecule has 10 aromatic carbocycles. The molecule has 0 aromatic heterocycles. The molecule has 15 rings (SSSR count). The molecule has 284 valence electrons. The quantitative estimate of drug-likeness (QED) is 0.157. The third-order valence-electron chi connectivity index (χ3n) is 15.9. The maximum absolute atomic E-state index is 2.69. The van der Waals surface area contributed by atoms with Crippen LogP contribution in [0.15, 0.2) is 182 Å². The van der Waals surface area contributed by atoms with E-state index in [9.17, 15) is 0 Å². The predicted molar refractivity (Wildman–Crippen MR) is 254 cm³/mol. The monoisotopic (exact) mass is 764 g/mol. The number of hydrogen-bond donors (Lipinski definition) is 0. The normalized spacial score (nSPS) is 22.4. The Hall–Kier alpha value is -6.50. The van der Waals surface area contributed by atoms with Crippen LogP contribution < -0.4 is 0 Å². The van der Waals surface area contributed by atoms with E-state index in [0.29, 0.717) is 0 Å². The summed E-state index contributed by atoms with van der Waals surface area (Å²) in [5.74, 6) is 3.31. The van der Waals surface area contributed by atoms with Gasteiger partial charge in [-0.1, -0.05) is 146 Å². The van der Waals surface area contributed by atoms with E-state index in [2.05, 4.69) is 182 Å². The van der Waals surface area contributed by atoms with Gasteiger partial charge in [-0.15, -0.1) is 0 Å². The van der Waals surface area contributed by atoms with E-state index in [1.807, 2.05) is 0 Å². The highest BCUT2D eigenvalue weighted by Gasteiger charge is 2.61. The zero-order valence-electron chi connectivity index (χ0n) is 33.7. The summed E-state index contributed by atoms with van der Waals surface area (Å²) >= 11 is 0. The zero-order valence-corrected chi connectivity index (χ0v) is 33.7. The van der Waals surface area contributed by atoms with Gasteiger partial charge in [0.2, 0.25) is 0 Å². The lowest BCUT2D eigenvalue weighted by Gasteiger charge is -2.61. The minimum atomic E-state index is 0.122. The second-order valence-corrected chi connectivity index (χ2v) is 18.8. The van der Waals surface area contributed by atoms with Crippen LogP contribution in [0.5, 0.6) is 0 Å². The zero-order chi connectivity index (χ0) is 39.1. The van der Waals surface area contributed by atoms with E-state index in [4.69, 9.17) is 0 Å². The molecule has 4 bridgehead atoms. The molecule has 0 heterocycles. The highest BCUT2D eigenvalue weighted by atomic mass is 14.6. The molecule has 10 aromatic rings. The first kappa shape index (κ1) is 33.3. The van der Waals surface area contributed by atoms with E-state index >= 15 is 0 Å². The first-order valence-corrected chi connectivity index (χ1v) is 22.3. The Morgan fingerprint density at radius 2 is 0.783 bits per heavy atom. The fraction of sp³-hybridized carbons (Fsp3) is 0.167. The average molecular weight is 765 g/mol. The molecule has 60 heavy (non-hydrogen) atoms. The first-order chi connectivity index (χ1) is 29.7. The lowest BCUT2D eigenvalue weighted by Crippen LogP contribution is -2.55. The summed E-state index contributed by atoms with van der Waals surface area (Å²) in [7, 11) is 0. The fourth-order valence-electron chi connectivity index (χ4n) is 13.8. The van der Waals surface area contributed by atoms with Crippen molar-refractivity contribution in [1.29, 1.82) is 0 Å². The lowest BCUT2D eigenvalue weighted by atomic mass is 9.43. The smallest absolute Gasteiger partial charge is 0.0272 e. The molecule has 4 saturated carbocycles. The van der Waals surface area contributed by atoms with Gasteiger partial charge in [0.05, 0.1) is 0 Å². The van der Waals surface area contributed by atoms with Crippen LogP contribution in [0.25, 0.3) is 98.4 Å². The van der Waals surface area contributed by atoms with E-state index < -0.39 is 0 Å². The van der Waals surface area contributed by atoms with Crippen molar-refractivity contribution in [2.45, 2.75) is 37.5 Å². The van der Waals surface area contributed by atoms with Gasteiger partial charge in [0, 0.05) is 5.41 Å². The standard InChI is InChI=1S/C60H44/c1-2-11-38(12-3-1)58-49-16-6-8-18-51(49)59(52-19-9-7-17-50(52)58)45-24-22-41-30-44(23-21-42(41)31-45)48-20-10-15-43-33-55-54-32-39-13-4-5-14-40(39)34-56(54)60(57(55)35-53(43)48)46-26-36-25-37(28-46)29-47(60)27-36/h1-24,30-37,46-47H,25-29H2. The molecular formula is C60H44. The third-order valence-corrected chi connectivity index (χ3v) is 15.9. The molecule has 0 amide bonds. The van der Waals surface area contributed by atoms with Crippen molar-refractivity contribution in [3.63, 3.8) is 0 Å². The molecule has 1 spiro atoms. The Balaban J connectivity index is 0.929. The van der Waals surface area contributed by atoms with Crippen LogP contribution in [0.4, 0.5) is 0 Å². The Labute approximate surface area is 351 Å². The summed E-state index contributed by atoms with van der Waals surface area (Å²) in [4.78, 5) is 0. The van der Waals surface area contributed by atoms with E-state index in [1.54, 1.807) is 11.1 Å². The Bertz CT molecular complexity index is 3350. The van der Waals surface area contributed by atoms with Gasteiger partial charge in [-0.25, -0.2) is 0 Å². The largest absolute Gasteiger partial charge is 0.0622 e. The van der Waals surface area contributed by atoms with Crippen molar-refractivity contribution in [1.82, 2.24) is 0 Å². The number of benzene rings is 10. The fourth-order valence-corrected chi connectivity index (χ4v) is 13.8. The number of hydrogen-bond acceptors (Lipinski definition) is 0. The molecule has 0 saturated heterocycles. The van der Waals surface area contributed by atoms with E-state index in [-0.39, 0.29) is 5.41 Å². The summed E-state index contributed by atoms with van der Waals surface area (Å²) in [6.45, 7) is 0. The second-order valence-electron chi connectivity index (χ2n) is 18.8. The molecule has 0 aliphatic heterocycles. The van der Waals surface area contributed by atoms with Crippen LogP contribution >= 0.6 is 0 Å². The van der Waals surface area contributed by atoms with Crippen molar-refractivity contribution >= 4 is 53.9 Å². The molecular weight excluding hydrogens is 721 g/mol. The first-order valence-electron chi connectivity index (χ1n) is 22.3. The highest BCUT2D eigenvalue weighted by Crippen LogP contribution is 2.70. The Morgan fingerprint density at radius 3 is 1.43 bits per heavy atom. The van der Waals surface area contributed by atoms with E-state index in [1.165, 1.54) is 130 Å². The molecule has 0 radical (unpaired) electrons. The van der Waals surface area contributed by atoms with Gasteiger partial charge < -0.3 is 0 Å². The third kappa shape index (κ3) is 4.52. The molecule has 0 N–H and O–H groups in total. The van der Waals surface area contributed by atoms with Gasteiger partial charge in [0.25, 0.3) is 0 Å². The van der Waals surface area contributed by atoms with Crippen LogP contribution in [0.1, 0.15) is 43.2 Å². The topological polar surface area (TPSA) is 0 Å². The molecule has 5 aliphatic carbocycles. The lowest BCUT2D eigenvalue weighted by molar-refractivity contribution is -0.0398. The minimum Gasteiger partial charge on any atom is -0.0622 e. The van der Waals surface area contributed by atoms with Crippen molar-refractivity contribution in [2.24, 2.45) is 23.7 Å². The van der Waals surface area contributed by atoms with Crippen molar-refractivity contribution in [2.75, 3.05) is 0 Å². The van der Waals surface area contributed by atoms with E-state index in [0.717, 1.165) is 23.7 Å². The molecule has 5 aliphatic rings. The predicted octanol–water partition coefficient (Wildman–Crippen LogP) is 16.2. The summed E-state index contributed by atoms with van der Waals surface area (Å²) < 4.78 is 0. The van der Waals surface area contributed by atoms with Crippen molar-refractivity contribution < 1.29 is 0 Å². The second kappa shape index (κ2) is 12.3. The summed E-state index contributed by atoms with van der Waals surface area (Å²) in [5.41, 5.74) is 14.2. The number of rotatable bonds is 3. The van der Waals surface area contributed by atoms with Gasteiger partial charge >= 0.3 is 0 Å². The maximum Gasteiger partial charge on any atom is 0.0272 e. The van der Waals surface area contributed by atoms with Gasteiger partial charge in [0.1, 0.15) is 0 Å². The van der Waals surface area contributed by atoms with Crippen LogP contribution in [-0.4, -0.2) is 0 Å². The molecule has 0 nitrogen and oxygen atoms in total. The van der Waals surface area contributed by atoms with Gasteiger partial charge in [-0.2, -0.15) is 0 Å². The van der Waals surface area contributed by atoms with Crippen molar-refractivity contribution in [3.8, 4) is 44.5 Å². The SMILES string of the molecule is c1ccc(-c2c3ccccc3c(-c3ccc4cc(-c5cccc6cc7c(cc56)C5(c6cc8ccccc8cc6-7)C6CC7CC(C6)CC5C7)ccc4c3)c3ccccc23)cc1. The Kier molecular flexibility index (Phi) is 6.82. The average Bonchev–Trinajstić information content (AvgIpc) is 3.56. The van der Waals surface area contributed by atoms with Gasteiger partial charge in [-0.05, 0) is 202 Å². The van der Waals surface area contributed by atoms with Gasteiger partial charge in [-0.3, -0.25) is 0 Å². The maximum atomic E-state index is 2.69. The number of fused-ring (bicyclic) bond motifs is 8. The molecule has 0 heteroatoms. The Morgan fingerprint density at radius 1 is 0.300 bits per heavy atom. The summed E-state index contributed by atoms with van der Waals surface area (Å²) in [5, 5.41) is 13.2. The molecule has 0 unspecified atom stereocenters. The molecule has 4 fully saturated rings. The highest BCUT2D eigenvalue weighted by molar-refractivity contribution is 6.21. The van der Waals surface area contributed by atoms with Crippen LogP contribution in [0.2, 0.25) is 0 Å². The molecule has 0 atom stereocenters. The van der Waals surface area contributed by atoms with Gasteiger partial charge in [0.15, 0.2) is 0 Å².